The molecule has 0 saturated heterocycles. The van der Waals surface area contributed by atoms with Crippen LogP contribution >= 0.6 is 0 Å². The lowest BCUT2D eigenvalue weighted by molar-refractivity contribution is -0.384. The van der Waals surface area contributed by atoms with Gasteiger partial charge in [-0.05, 0) is 29.8 Å². The smallest absolute Gasteiger partial charge is 0.349 e. The number of esters is 1. The summed E-state index contributed by atoms with van der Waals surface area (Å²) in [5.41, 5.74) is 1.12. The number of carbonyl (C=O) groups is 1. The zero-order chi connectivity index (χ0) is 19.8. The number of nitriles is 1. The van der Waals surface area contributed by atoms with E-state index in [1.807, 2.05) is 30.3 Å². The van der Waals surface area contributed by atoms with Crippen LogP contribution in [0.1, 0.15) is 5.56 Å². The van der Waals surface area contributed by atoms with Crippen LogP contribution in [0.5, 0.6) is 0 Å². The van der Waals surface area contributed by atoms with E-state index in [9.17, 15) is 14.9 Å². The van der Waals surface area contributed by atoms with Crippen LogP contribution in [0.2, 0.25) is 0 Å². The topological polar surface area (TPSA) is 96.5 Å². The maximum atomic E-state index is 11.8. The summed E-state index contributed by atoms with van der Waals surface area (Å²) in [6.07, 6.45) is 2.64. The fourth-order valence-corrected chi connectivity index (χ4v) is 2.37. The van der Waals surface area contributed by atoms with Gasteiger partial charge in [0.1, 0.15) is 23.9 Å². The molecule has 0 aromatic heterocycles. The Hall–Kier alpha value is -3.92. The van der Waals surface area contributed by atoms with Gasteiger partial charge in [-0.1, -0.05) is 36.9 Å². The minimum absolute atomic E-state index is 0.0290. The molecule has 7 nitrogen and oxygen atoms in total. The summed E-state index contributed by atoms with van der Waals surface area (Å²) < 4.78 is 4.82. The highest BCUT2D eigenvalue weighted by Crippen LogP contribution is 2.33. The van der Waals surface area contributed by atoms with Crippen LogP contribution in [0.15, 0.2) is 66.8 Å². The first-order valence-corrected chi connectivity index (χ1v) is 7.95. The van der Waals surface area contributed by atoms with Crippen LogP contribution in [0.25, 0.3) is 6.08 Å². The molecule has 0 heterocycles. The van der Waals surface area contributed by atoms with Gasteiger partial charge in [0, 0.05) is 18.8 Å². The molecule has 0 N–H and O–H groups in total. The second-order valence-electron chi connectivity index (χ2n) is 5.46. The highest BCUT2D eigenvalue weighted by molar-refractivity contribution is 5.98. The van der Waals surface area contributed by atoms with Crippen molar-refractivity contribution in [2.24, 2.45) is 0 Å². The third-order valence-corrected chi connectivity index (χ3v) is 3.68. The number of ether oxygens (including phenoxy) is 1. The molecule has 27 heavy (non-hydrogen) atoms. The van der Waals surface area contributed by atoms with Crippen LogP contribution in [0.3, 0.4) is 0 Å². The van der Waals surface area contributed by atoms with Crippen molar-refractivity contribution in [1.29, 1.82) is 5.26 Å². The number of nitro groups is 1. The number of hydrogen-bond donors (Lipinski definition) is 0. The second kappa shape index (κ2) is 8.97. The van der Waals surface area contributed by atoms with Gasteiger partial charge in [0.15, 0.2) is 0 Å². The molecule has 0 radical (unpaired) electrons. The van der Waals surface area contributed by atoms with Crippen LogP contribution in [0.4, 0.5) is 17.1 Å². The predicted octanol–water partition coefficient (Wildman–Crippen LogP) is 4.00. The van der Waals surface area contributed by atoms with E-state index < -0.39 is 10.9 Å². The fraction of sp³-hybridized carbons (Fsp3) is 0.100. The normalized spacial score (nSPS) is 10.6. The summed E-state index contributed by atoms with van der Waals surface area (Å²) in [7, 11) is 1.72. The molecule has 0 spiro atoms. The molecular weight excluding hydrogens is 346 g/mol. The quantitative estimate of drug-likeness (QED) is 0.184. The van der Waals surface area contributed by atoms with Crippen molar-refractivity contribution >= 4 is 29.1 Å². The van der Waals surface area contributed by atoms with Gasteiger partial charge in [-0.3, -0.25) is 10.1 Å². The van der Waals surface area contributed by atoms with Crippen molar-refractivity contribution in [1.82, 2.24) is 0 Å². The number of rotatable bonds is 7. The molecule has 0 saturated carbocycles. The molecule has 0 aliphatic carbocycles. The van der Waals surface area contributed by atoms with E-state index in [-0.39, 0.29) is 17.9 Å². The Morgan fingerprint density at radius 3 is 2.63 bits per heavy atom. The van der Waals surface area contributed by atoms with E-state index in [1.165, 1.54) is 18.2 Å². The molecule has 0 amide bonds. The third kappa shape index (κ3) is 4.80. The van der Waals surface area contributed by atoms with E-state index >= 15 is 0 Å². The summed E-state index contributed by atoms with van der Waals surface area (Å²) in [6, 6.07) is 15.4. The van der Waals surface area contributed by atoms with Crippen LogP contribution in [0, 0.1) is 21.4 Å². The number of carbonyl (C=O) groups excluding carboxylic acids is 1. The van der Waals surface area contributed by atoms with Gasteiger partial charge in [0.2, 0.25) is 0 Å². The molecule has 136 valence electrons. The van der Waals surface area contributed by atoms with Crippen LogP contribution < -0.4 is 4.90 Å². The molecule has 2 rings (SSSR count). The minimum Gasteiger partial charge on any atom is -0.457 e. The van der Waals surface area contributed by atoms with Gasteiger partial charge in [-0.15, -0.1) is 0 Å². The first kappa shape index (κ1) is 19.4. The fourth-order valence-electron chi connectivity index (χ4n) is 2.37. The molecule has 7 heteroatoms. The monoisotopic (exact) mass is 363 g/mol. The highest BCUT2D eigenvalue weighted by Gasteiger charge is 2.19. The maximum Gasteiger partial charge on any atom is 0.349 e. The first-order chi connectivity index (χ1) is 13.0. The number of nitrogens with zero attached hydrogens (tertiary/aromatic N) is 3. The number of nitro benzene ring substituents is 1. The largest absolute Gasteiger partial charge is 0.457 e. The summed E-state index contributed by atoms with van der Waals surface area (Å²) >= 11 is 0. The molecule has 0 unspecified atom stereocenters. The number of hydrogen-bond acceptors (Lipinski definition) is 6. The van der Waals surface area contributed by atoms with Crippen molar-refractivity contribution in [2.75, 3.05) is 18.6 Å². The lowest BCUT2D eigenvalue weighted by atomic mass is 10.1. The second-order valence-corrected chi connectivity index (χ2v) is 5.46. The molecule has 0 atom stereocenters. The van der Waals surface area contributed by atoms with Crippen molar-refractivity contribution in [3.63, 3.8) is 0 Å². The summed E-state index contributed by atoms with van der Waals surface area (Å²) in [4.78, 5) is 24.5. The van der Waals surface area contributed by atoms with E-state index in [1.54, 1.807) is 30.1 Å². The lowest BCUT2D eigenvalue weighted by Gasteiger charge is -2.19. The van der Waals surface area contributed by atoms with E-state index in [0.717, 1.165) is 5.69 Å². The minimum atomic E-state index is -0.814. The number of benzene rings is 2. The standard InChI is InChI=1S/C20H17N3O4/c1-3-11-27-20(24)16(14-21)12-15-9-10-18(19(13-15)23(25)26)22(2)17-7-5-4-6-8-17/h3-10,12-13H,1,11H2,2H3/b16-12+. The Kier molecular flexibility index (Phi) is 6.44. The van der Waals surface area contributed by atoms with E-state index in [2.05, 4.69) is 6.58 Å². The summed E-state index contributed by atoms with van der Waals surface area (Å²) in [5.74, 6) is -0.814. The Labute approximate surface area is 156 Å². The first-order valence-electron chi connectivity index (χ1n) is 7.95. The number of para-hydroxylation sites is 1. The van der Waals surface area contributed by atoms with E-state index in [4.69, 9.17) is 10.00 Å². The predicted molar refractivity (Wildman–Crippen MR) is 102 cm³/mol. The molecule has 0 fully saturated rings. The van der Waals surface area contributed by atoms with Gasteiger partial charge >= 0.3 is 5.97 Å². The zero-order valence-corrected chi connectivity index (χ0v) is 14.7. The molecular formula is C20H17N3O4. The SMILES string of the molecule is C=CCOC(=O)/C(C#N)=C/c1ccc(N(C)c2ccccc2)c([N+](=O)[O-])c1. The van der Waals surface area contributed by atoms with Crippen molar-refractivity contribution in [3.8, 4) is 6.07 Å². The van der Waals surface area contributed by atoms with Gasteiger partial charge < -0.3 is 9.64 Å². The van der Waals surface area contributed by atoms with Crippen molar-refractivity contribution in [2.45, 2.75) is 0 Å². The van der Waals surface area contributed by atoms with Gasteiger partial charge in [0.25, 0.3) is 5.69 Å². The third-order valence-electron chi connectivity index (χ3n) is 3.68. The van der Waals surface area contributed by atoms with Crippen molar-refractivity contribution in [3.05, 3.63) is 82.4 Å². The number of anilines is 2. The van der Waals surface area contributed by atoms with Gasteiger partial charge in [0.05, 0.1) is 4.92 Å². The molecule has 2 aromatic rings. The molecule has 0 bridgehead atoms. The average Bonchev–Trinajstić information content (AvgIpc) is 2.70. The zero-order valence-electron chi connectivity index (χ0n) is 14.7. The van der Waals surface area contributed by atoms with Crippen molar-refractivity contribution < 1.29 is 14.5 Å². The highest BCUT2D eigenvalue weighted by atomic mass is 16.6. The van der Waals surface area contributed by atoms with Gasteiger partial charge in [-0.2, -0.15) is 5.26 Å². The maximum absolute atomic E-state index is 11.8. The van der Waals surface area contributed by atoms with E-state index in [0.29, 0.717) is 11.3 Å². The van der Waals surface area contributed by atoms with Crippen LogP contribution in [-0.4, -0.2) is 24.5 Å². The summed E-state index contributed by atoms with van der Waals surface area (Å²) in [5, 5.41) is 20.7. The molecule has 0 aliphatic rings. The Bertz CT molecular complexity index is 930. The lowest BCUT2D eigenvalue weighted by Crippen LogP contribution is -2.11. The van der Waals surface area contributed by atoms with Gasteiger partial charge in [-0.25, -0.2) is 4.79 Å². The Morgan fingerprint density at radius 1 is 1.33 bits per heavy atom. The van der Waals surface area contributed by atoms with Crippen LogP contribution in [-0.2, 0) is 9.53 Å². The molecule has 0 aliphatic heterocycles. The Balaban J connectivity index is 2.42. The summed E-state index contributed by atoms with van der Waals surface area (Å²) in [6.45, 7) is 3.40. The Morgan fingerprint density at radius 2 is 2.04 bits per heavy atom. The molecule has 2 aromatic carbocycles. The average molecular weight is 363 g/mol.